The van der Waals surface area contributed by atoms with Gasteiger partial charge in [-0.25, -0.2) is 0 Å². The molecule has 0 bridgehead atoms. The van der Waals surface area contributed by atoms with E-state index in [9.17, 15) is 19.2 Å². The van der Waals surface area contributed by atoms with Gasteiger partial charge in [-0.2, -0.15) is 0 Å². The van der Waals surface area contributed by atoms with Gasteiger partial charge in [0.25, 0.3) is 5.91 Å². The number of ether oxygens (including phenoxy) is 5. The Morgan fingerprint density at radius 1 is 0.795 bits per heavy atom. The van der Waals surface area contributed by atoms with E-state index in [0.29, 0.717) is 44.5 Å². The molecule has 246 valence electrons. The van der Waals surface area contributed by atoms with E-state index < -0.39 is 53.5 Å². The number of hydrogen-bond acceptors (Lipinski definition) is 9. The zero-order chi connectivity index (χ0) is 33.2. The van der Waals surface area contributed by atoms with Crippen molar-refractivity contribution in [1.82, 2.24) is 5.32 Å². The molecule has 0 fully saturated rings. The molecule has 1 aromatic rings. The van der Waals surface area contributed by atoms with Crippen molar-refractivity contribution in [3.8, 4) is 17.6 Å². The molecular formula is C32H50N3O9+. The molecule has 2 atom stereocenters. The summed E-state index contributed by atoms with van der Waals surface area (Å²) < 4.78 is 27.2. The second kappa shape index (κ2) is 19.6. The van der Waals surface area contributed by atoms with Crippen LogP contribution in [0.15, 0.2) is 24.3 Å². The maximum atomic E-state index is 13.1. The summed E-state index contributed by atoms with van der Waals surface area (Å²) in [7, 11) is 0. The van der Waals surface area contributed by atoms with Crippen LogP contribution < -0.4 is 21.1 Å². The number of anilines is 1. The molecule has 12 heteroatoms. The minimum absolute atomic E-state index is 0.292. The Labute approximate surface area is 261 Å². The van der Waals surface area contributed by atoms with Crippen molar-refractivity contribution < 1.29 is 48.6 Å². The number of unbranched alkanes of at least 4 members (excludes halogenated alkanes) is 1. The van der Waals surface area contributed by atoms with Crippen LogP contribution in [0.2, 0.25) is 0 Å². The summed E-state index contributed by atoms with van der Waals surface area (Å²) in [6.07, 6.45) is 1.00. The normalized spacial score (nSPS) is 12.6. The molecule has 44 heavy (non-hydrogen) atoms. The predicted molar refractivity (Wildman–Crippen MR) is 164 cm³/mol. The highest BCUT2D eigenvalue weighted by Crippen LogP contribution is 2.17. The van der Waals surface area contributed by atoms with Crippen LogP contribution in [-0.4, -0.2) is 80.1 Å². The van der Waals surface area contributed by atoms with E-state index in [1.807, 2.05) is 6.92 Å². The van der Waals surface area contributed by atoms with E-state index in [1.54, 1.807) is 65.8 Å². The molecule has 0 unspecified atom stereocenters. The van der Waals surface area contributed by atoms with Crippen LogP contribution in [-0.2, 0) is 38.1 Å². The third-order valence-corrected chi connectivity index (χ3v) is 5.39. The van der Waals surface area contributed by atoms with E-state index in [2.05, 4.69) is 28.2 Å². The molecule has 2 amide bonds. The van der Waals surface area contributed by atoms with Crippen molar-refractivity contribution in [2.75, 3.05) is 38.4 Å². The number of quaternary nitrogens is 1. The van der Waals surface area contributed by atoms with Crippen molar-refractivity contribution in [1.29, 1.82) is 0 Å². The average Bonchev–Trinajstić information content (AvgIpc) is 2.90. The lowest BCUT2D eigenvalue weighted by molar-refractivity contribution is -0.403. The number of nitrogens with one attached hydrogen (secondary N) is 2. The number of carbonyl (C=O) groups excluding carboxylic acids is 4. The van der Waals surface area contributed by atoms with Gasteiger partial charge in [-0.05, 0) is 79.2 Å². The summed E-state index contributed by atoms with van der Waals surface area (Å²) in [5.74, 6) is 3.80. The summed E-state index contributed by atoms with van der Waals surface area (Å²) in [6, 6.07) is 4.28. The topological polar surface area (TPSA) is 166 Å². The van der Waals surface area contributed by atoms with Gasteiger partial charge in [0.15, 0.2) is 6.04 Å². The van der Waals surface area contributed by atoms with Gasteiger partial charge >= 0.3 is 11.9 Å². The fraction of sp³-hybridized carbons (Fsp3) is 0.625. The average molecular weight is 621 g/mol. The zero-order valence-corrected chi connectivity index (χ0v) is 27.2. The van der Waals surface area contributed by atoms with E-state index in [0.717, 1.165) is 12.8 Å². The Balaban J connectivity index is 2.65. The monoisotopic (exact) mass is 620 g/mol. The maximum Gasteiger partial charge on any atom is 0.312 e. The summed E-state index contributed by atoms with van der Waals surface area (Å²) in [6.45, 7) is 14.4. The minimum atomic E-state index is -1.28. The van der Waals surface area contributed by atoms with Crippen molar-refractivity contribution in [3.63, 3.8) is 0 Å². The van der Waals surface area contributed by atoms with Gasteiger partial charge < -0.3 is 40.1 Å². The molecule has 0 saturated carbocycles. The van der Waals surface area contributed by atoms with Gasteiger partial charge in [0.05, 0.1) is 26.2 Å². The van der Waals surface area contributed by atoms with E-state index >= 15 is 0 Å². The summed E-state index contributed by atoms with van der Waals surface area (Å²) in [5, 5.41) is 5.21. The van der Waals surface area contributed by atoms with Gasteiger partial charge in [0.2, 0.25) is 5.91 Å². The fourth-order valence-electron chi connectivity index (χ4n) is 3.52. The van der Waals surface area contributed by atoms with Gasteiger partial charge in [-0.1, -0.05) is 0 Å². The molecular weight excluding hydrogens is 570 g/mol. The third kappa shape index (κ3) is 18.8. The van der Waals surface area contributed by atoms with E-state index in [1.165, 1.54) is 0 Å². The Kier molecular flexibility index (Phi) is 17.1. The summed E-state index contributed by atoms with van der Waals surface area (Å²) in [4.78, 5) is 50.6. The highest BCUT2D eigenvalue weighted by atomic mass is 16.6. The number of carbonyl (C=O) groups is 4. The number of rotatable bonds is 18. The first-order valence-electron chi connectivity index (χ1n) is 14.8. The highest BCUT2D eigenvalue weighted by molar-refractivity contribution is 6.00. The molecule has 1 aromatic carbocycles. The van der Waals surface area contributed by atoms with E-state index in [4.69, 9.17) is 23.7 Å². The van der Waals surface area contributed by atoms with Crippen LogP contribution >= 0.6 is 0 Å². The first kappa shape index (κ1) is 38.4. The first-order chi connectivity index (χ1) is 20.6. The molecule has 0 heterocycles. The summed E-state index contributed by atoms with van der Waals surface area (Å²) in [5.41, 5.74) is 2.63. The lowest BCUT2D eigenvalue weighted by Gasteiger charge is -2.23. The molecule has 12 nitrogen and oxygen atoms in total. The summed E-state index contributed by atoms with van der Waals surface area (Å²) >= 11 is 0. The maximum absolute atomic E-state index is 13.1. The molecule has 0 radical (unpaired) electrons. The minimum Gasteiger partial charge on any atom is -0.491 e. The molecule has 5 N–H and O–H groups in total. The SMILES string of the molecule is CC#CCCCOCCOCCOc1ccc(NC(=O)[C@H](CC(=O)OC(C)(C)C)NC(=O)[C@@H]([NH3+])CC(=O)OC(C)(C)C)cc1. The predicted octanol–water partition coefficient (Wildman–Crippen LogP) is 2.40. The quantitative estimate of drug-likeness (QED) is 0.127. The second-order valence-electron chi connectivity index (χ2n) is 12.0. The highest BCUT2D eigenvalue weighted by Gasteiger charge is 2.31. The number of benzene rings is 1. The lowest BCUT2D eigenvalue weighted by atomic mass is 10.1. The van der Waals surface area contributed by atoms with Gasteiger partial charge in [0, 0.05) is 18.7 Å². The van der Waals surface area contributed by atoms with Crippen LogP contribution in [0.5, 0.6) is 5.75 Å². The fourth-order valence-corrected chi connectivity index (χ4v) is 3.52. The van der Waals surface area contributed by atoms with Gasteiger partial charge in [-0.15, -0.1) is 11.8 Å². The van der Waals surface area contributed by atoms with Gasteiger partial charge in [0.1, 0.15) is 36.0 Å². The largest absolute Gasteiger partial charge is 0.491 e. The lowest BCUT2D eigenvalue weighted by Crippen LogP contribution is -2.69. The van der Waals surface area contributed by atoms with Gasteiger partial charge in [-0.3, -0.25) is 19.2 Å². The van der Waals surface area contributed by atoms with Crippen LogP contribution in [0.3, 0.4) is 0 Å². The smallest absolute Gasteiger partial charge is 0.312 e. The standard InChI is InChI=1S/C32H49N3O9/c1-8-9-10-11-16-40-17-18-41-19-20-42-24-14-12-23(13-15-24)34-30(39)26(22-28(37)44-32(5,6)7)35-29(38)25(33)21-27(36)43-31(2,3)4/h12-15,25-26H,10-11,16-22,33H2,1-7H3,(H,34,39)(H,35,38)/p+1/t25-,26-/m0/s1. The van der Waals surface area contributed by atoms with Crippen LogP contribution in [0, 0.1) is 11.8 Å². The zero-order valence-electron chi connectivity index (χ0n) is 27.2. The first-order valence-corrected chi connectivity index (χ1v) is 14.8. The molecule has 1 rings (SSSR count). The molecule has 0 spiro atoms. The van der Waals surface area contributed by atoms with Crippen molar-refractivity contribution in [2.24, 2.45) is 0 Å². The third-order valence-electron chi connectivity index (χ3n) is 5.39. The van der Waals surface area contributed by atoms with E-state index in [-0.39, 0.29) is 6.42 Å². The van der Waals surface area contributed by atoms with Crippen LogP contribution in [0.25, 0.3) is 0 Å². The Bertz CT molecular complexity index is 1110. The van der Waals surface area contributed by atoms with Crippen molar-refractivity contribution in [3.05, 3.63) is 24.3 Å². The second-order valence-corrected chi connectivity index (χ2v) is 12.0. The Morgan fingerprint density at radius 3 is 1.91 bits per heavy atom. The Morgan fingerprint density at radius 2 is 1.34 bits per heavy atom. The molecule has 0 aliphatic rings. The molecule has 0 aliphatic carbocycles. The van der Waals surface area contributed by atoms with Crippen LogP contribution in [0.1, 0.15) is 74.1 Å². The molecule has 0 saturated heterocycles. The van der Waals surface area contributed by atoms with Crippen molar-refractivity contribution in [2.45, 2.75) is 97.4 Å². The number of amides is 2. The Hall–Kier alpha value is -3.66. The molecule has 0 aliphatic heterocycles. The van der Waals surface area contributed by atoms with Crippen LogP contribution in [0.4, 0.5) is 5.69 Å². The number of hydrogen-bond donors (Lipinski definition) is 3. The van der Waals surface area contributed by atoms with Crippen molar-refractivity contribution >= 4 is 29.4 Å². The molecule has 0 aromatic heterocycles. The number of esters is 2.